The van der Waals surface area contributed by atoms with Crippen LogP contribution in [-0.4, -0.2) is 19.0 Å². The van der Waals surface area contributed by atoms with Crippen molar-refractivity contribution in [1.82, 2.24) is 0 Å². The van der Waals surface area contributed by atoms with E-state index < -0.39 is 0 Å². The van der Waals surface area contributed by atoms with Gasteiger partial charge in [-0.25, -0.2) is 0 Å². The van der Waals surface area contributed by atoms with Gasteiger partial charge in [-0.15, -0.1) is 0 Å². The minimum absolute atomic E-state index is 0.0783. The minimum Gasteiger partial charge on any atom is -0.362 e. The number of hydrogen-bond donors (Lipinski definition) is 1. The number of benzene rings is 2. The Hall–Kier alpha value is -2.80. The van der Waals surface area contributed by atoms with Crippen molar-refractivity contribution in [2.24, 2.45) is 0 Å². The molecule has 0 unspecified atom stereocenters. The van der Waals surface area contributed by atoms with Gasteiger partial charge in [0.05, 0.1) is 18.2 Å². The SMILES string of the molecule is CCN(CC(=O)Nc1ccc(C#N)cc1)c1ccccc1. The number of hydrogen-bond acceptors (Lipinski definition) is 3. The zero-order valence-corrected chi connectivity index (χ0v) is 11.9. The van der Waals surface area contributed by atoms with Gasteiger partial charge in [0.1, 0.15) is 0 Å². The second kappa shape index (κ2) is 7.11. The Kier molecular flexibility index (Phi) is 4.94. The van der Waals surface area contributed by atoms with Crippen LogP contribution in [0.25, 0.3) is 0 Å². The van der Waals surface area contributed by atoms with Crippen LogP contribution in [0.15, 0.2) is 54.6 Å². The molecule has 0 fully saturated rings. The molecule has 0 radical (unpaired) electrons. The molecule has 4 nitrogen and oxygen atoms in total. The first-order valence-corrected chi connectivity index (χ1v) is 6.83. The highest BCUT2D eigenvalue weighted by Crippen LogP contribution is 2.13. The summed E-state index contributed by atoms with van der Waals surface area (Å²) in [6.07, 6.45) is 0. The smallest absolute Gasteiger partial charge is 0.243 e. The first kappa shape index (κ1) is 14.6. The lowest BCUT2D eigenvalue weighted by Crippen LogP contribution is -2.33. The predicted octanol–water partition coefficient (Wildman–Crippen LogP) is 3.02. The van der Waals surface area contributed by atoms with Gasteiger partial charge in [0.25, 0.3) is 0 Å². The number of para-hydroxylation sites is 1. The molecule has 0 heterocycles. The zero-order valence-electron chi connectivity index (χ0n) is 11.9. The number of carbonyl (C=O) groups excluding carboxylic acids is 1. The van der Waals surface area contributed by atoms with Gasteiger partial charge < -0.3 is 10.2 Å². The van der Waals surface area contributed by atoms with Crippen molar-refractivity contribution in [2.75, 3.05) is 23.3 Å². The number of anilines is 2. The maximum Gasteiger partial charge on any atom is 0.243 e. The van der Waals surface area contributed by atoms with Gasteiger partial charge in [0.2, 0.25) is 5.91 Å². The van der Waals surface area contributed by atoms with Gasteiger partial charge in [-0.2, -0.15) is 5.26 Å². The normalized spacial score (nSPS) is 9.71. The van der Waals surface area contributed by atoms with Crippen LogP contribution in [0, 0.1) is 11.3 Å². The van der Waals surface area contributed by atoms with Gasteiger partial charge >= 0.3 is 0 Å². The Morgan fingerprint density at radius 1 is 1.14 bits per heavy atom. The third-order valence-corrected chi connectivity index (χ3v) is 3.14. The van der Waals surface area contributed by atoms with E-state index in [0.29, 0.717) is 17.8 Å². The lowest BCUT2D eigenvalue weighted by Gasteiger charge is -2.22. The quantitative estimate of drug-likeness (QED) is 0.915. The molecule has 2 aromatic carbocycles. The molecule has 0 spiro atoms. The van der Waals surface area contributed by atoms with Gasteiger partial charge in [-0.05, 0) is 43.3 Å². The molecule has 0 atom stereocenters. The fourth-order valence-corrected chi connectivity index (χ4v) is 2.03. The predicted molar refractivity (Wildman–Crippen MR) is 84.1 cm³/mol. The van der Waals surface area contributed by atoms with Crippen LogP contribution in [0.1, 0.15) is 12.5 Å². The Bertz CT molecular complexity index is 629. The van der Waals surface area contributed by atoms with Crippen molar-refractivity contribution in [3.05, 3.63) is 60.2 Å². The molecule has 1 N–H and O–H groups in total. The number of nitrogens with zero attached hydrogens (tertiary/aromatic N) is 2. The second-order valence-corrected chi connectivity index (χ2v) is 4.59. The number of carbonyl (C=O) groups is 1. The maximum atomic E-state index is 12.1. The third-order valence-electron chi connectivity index (χ3n) is 3.14. The van der Waals surface area contributed by atoms with Gasteiger partial charge in [-0.3, -0.25) is 4.79 Å². The molecule has 0 aliphatic heterocycles. The lowest BCUT2D eigenvalue weighted by molar-refractivity contribution is -0.115. The van der Waals surface area contributed by atoms with Crippen LogP contribution in [0.5, 0.6) is 0 Å². The zero-order chi connectivity index (χ0) is 15.1. The van der Waals surface area contributed by atoms with Crippen molar-refractivity contribution in [2.45, 2.75) is 6.92 Å². The number of rotatable bonds is 5. The fourth-order valence-electron chi connectivity index (χ4n) is 2.03. The van der Waals surface area contributed by atoms with E-state index in [-0.39, 0.29) is 5.91 Å². The topological polar surface area (TPSA) is 56.1 Å². The second-order valence-electron chi connectivity index (χ2n) is 4.59. The van der Waals surface area contributed by atoms with E-state index in [1.54, 1.807) is 24.3 Å². The summed E-state index contributed by atoms with van der Waals surface area (Å²) in [5.74, 6) is -0.0783. The van der Waals surface area contributed by atoms with E-state index >= 15 is 0 Å². The molecule has 106 valence electrons. The Morgan fingerprint density at radius 2 is 1.81 bits per heavy atom. The molecule has 0 saturated carbocycles. The lowest BCUT2D eigenvalue weighted by atomic mass is 10.2. The minimum atomic E-state index is -0.0783. The molecule has 0 aromatic heterocycles. The molecule has 0 aliphatic rings. The van der Waals surface area contributed by atoms with Crippen LogP contribution >= 0.6 is 0 Å². The van der Waals surface area contributed by atoms with E-state index in [1.807, 2.05) is 48.2 Å². The van der Waals surface area contributed by atoms with Gasteiger partial charge in [-0.1, -0.05) is 18.2 Å². The van der Waals surface area contributed by atoms with E-state index in [9.17, 15) is 4.79 Å². The molecule has 2 aromatic rings. The van der Waals surface area contributed by atoms with Crippen LogP contribution in [0.4, 0.5) is 11.4 Å². The highest BCUT2D eigenvalue weighted by Gasteiger charge is 2.09. The monoisotopic (exact) mass is 279 g/mol. The third kappa shape index (κ3) is 4.08. The first-order valence-electron chi connectivity index (χ1n) is 6.83. The van der Waals surface area contributed by atoms with Crippen molar-refractivity contribution >= 4 is 17.3 Å². The Morgan fingerprint density at radius 3 is 2.38 bits per heavy atom. The average Bonchev–Trinajstić information content (AvgIpc) is 2.54. The summed E-state index contributed by atoms with van der Waals surface area (Å²) in [6.45, 7) is 3.06. The first-order chi connectivity index (χ1) is 10.2. The molecular weight excluding hydrogens is 262 g/mol. The average molecular weight is 279 g/mol. The van der Waals surface area contributed by atoms with E-state index in [0.717, 1.165) is 12.2 Å². The van der Waals surface area contributed by atoms with Crippen molar-refractivity contribution in [3.63, 3.8) is 0 Å². The number of likely N-dealkylation sites (N-methyl/N-ethyl adjacent to an activating group) is 1. The van der Waals surface area contributed by atoms with Crippen molar-refractivity contribution < 1.29 is 4.79 Å². The van der Waals surface area contributed by atoms with Crippen LogP contribution in [-0.2, 0) is 4.79 Å². The summed E-state index contributed by atoms with van der Waals surface area (Å²) < 4.78 is 0. The van der Waals surface area contributed by atoms with Crippen LogP contribution in [0.2, 0.25) is 0 Å². The summed E-state index contributed by atoms with van der Waals surface area (Å²) in [7, 11) is 0. The molecule has 1 amide bonds. The molecule has 0 saturated heterocycles. The van der Waals surface area contributed by atoms with E-state index in [2.05, 4.69) is 5.32 Å². The summed E-state index contributed by atoms with van der Waals surface area (Å²) in [4.78, 5) is 14.1. The maximum absolute atomic E-state index is 12.1. The van der Waals surface area contributed by atoms with Gasteiger partial charge in [0.15, 0.2) is 0 Å². The molecule has 4 heteroatoms. The number of nitriles is 1. The van der Waals surface area contributed by atoms with Crippen LogP contribution in [0.3, 0.4) is 0 Å². The largest absolute Gasteiger partial charge is 0.362 e. The fraction of sp³-hybridized carbons (Fsp3) is 0.176. The van der Waals surface area contributed by atoms with Crippen molar-refractivity contribution in [1.29, 1.82) is 5.26 Å². The van der Waals surface area contributed by atoms with E-state index in [1.165, 1.54) is 0 Å². The molecule has 0 bridgehead atoms. The Balaban J connectivity index is 1.98. The molecule has 0 aliphatic carbocycles. The highest BCUT2D eigenvalue weighted by atomic mass is 16.2. The summed E-state index contributed by atoms with van der Waals surface area (Å²) in [5.41, 5.74) is 2.30. The number of nitrogens with one attached hydrogen (secondary N) is 1. The highest BCUT2D eigenvalue weighted by molar-refractivity contribution is 5.94. The molecule has 2 rings (SSSR count). The van der Waals surface area contributed by atoms with Crippen molar-refractivity contribution in [3.8, 4) is 6.07 Å². The summed E-state index contributed by atoms with van der Waals surface area (Å²) in [6, 6.07) is 18.7. The standard InChI is InChI=1S/C17H17N3O/c1-2-20(16-6-4-3-5-7-16)13-17(21)19-15-10-8-14(12-18)9-11-15/h3-11H,2,13H2,1H3,(H,19,21). The summed E-state index contributed by atoms with van der Waals surface area (Å²) >= 11 is 0. The summed E-state index contributed by atoms with van der Waals surface area (Å²) in [5, 5.41) is 11.6. The number of amides is 1. The van der Waals surface area contributed by atoms with E-state index in [4.69, 9.17) is 5.26 Å². The Labute approximate surface area is 124 Å². The van der Waals surface area contributed by atoms with Gasteiger partial charge in [0, 0.05) is 17.9 Å². The van der Waals surface area contributed by atoms with Crippen LogP contribution < -0.4 is 10.2 Å². The molecule has 21 heavy (non-hydrogen) atoms. The molecular formula is C17H17N3O.